The summed E-state index contributed by atoms with van der Waals surface area (Å²) in [7, 11) is 0. The molecule has 0 bridgehead atoms. The van der Waals surface area contributed by atoms with Gasteiger partial charge < -0.3 is 49.1 Å². The Morgan fingerprint density at radius 3 is 1.61 bits per heavy atom. The summed E-state index contributed by atoms with van der Waals surface area (Å²) in [5.74, 6) is -7.54. The molecular weight excluding hydrogens is 482 g/mol. The summed E-state index contributed by atoms with van der Waals surface area (Å²) in [6, 6.07) is -5.74. The van der Waals surface area contributed by atoms with E-state index in [1.165, 1.54) is 0 Å². The molecule has 16 heteroatoms. The molecule has 0 fully saturated rings. The van der Waals surface area contributed by atoms with Gasteiger partial charge in [-0.05, 0) is 32.2 Å². The number of nitrogens with one attached hydrogen (secondary N) is 3. The number of carbonyl (C=O) groups excluding carboxylic acids is 5. The van der Waals surface area contributed by atoms with Crippen molar-refractivity contribution in [2.24, 2.45) is 22.9 Å². The van der Waals surface area contributed by atoms with E-state index in [2.05, 4.69) is 10.6 Å². The van der Waals surface area contributed by atoms with Crippen LogP contribution in [0.2, 0.25) is 0 Å². The highest BCUT2D eigenvalue weighted by Gasteiger charge is 2.31. The number of carbonyl (C=O) groups is 7. The molecule has 0 aromatic heterocycles. The van der Waals surface area contributed by atoms with E-state index in [4.69, 9.17) is 28.0 Å². The number of hydrogen-bond acceptors (Lipinski definition) is 9. The lowest BCUT2D eigenvalue weighted by molar-refractivity contribution is -0.143. The van der Waals surface area contributed by atoms with Gasteiger partial charge in [0, 0.05) is 12.8 Å². The van der Waals surface area contributed by atoms with Crippen LogP contribution in [0.5, 0.6) is 0 Å². The van der Waals surface area contributed by atoms with Crippen LogP contribution in [0.1, 0.15) is 51.4 Å². The maximum absolute atomic E-state index is 12.8. The van der Waals surface area contributed by atoms with Crippen LogP contribution >= 0.6 is 0 Å². The summed E-state index contributed by atoms with van der Waals surface area (Å²) >= 11 is 0. The highest BCUT2D eigenvalue weighted by atomic mass is 16.4. The van der Waals surface area contributed by atoms with E-state index in [0.29, 0.717) is 19.4 Å². The minimum atomic E-state index is -1.75. The zero-order valence-corrected chi connectivity index (χ0v) is 19.7. The van der Waals surface area contributed by atoms with E-state index < -0.39 is 72.1 Å². The minimum Gasteiger partial charge on any atom is -0.481 e. The predicted molar refractivity (Wildman–Crippen MR) is 123 cm³/mol. The Bertz CT molecular complexity index is 821. The second-order valence-corrected chi connectivity index (χ2v) is 8.02. The number of nitrogens with two attached hydrogens (primary N) is 4. The van der Waals surface area contributed by atoms with Gasteiger partial charge in [-0.15, -0.1) is 0 Å². The van der Waals surface area contributed by atoms with Gasteiger partial charge in [-0.25, -0.2) is 4.79 Å². The zero-order chi connectivity index (χ0) is 27.8. The number of carboxylic acid groups (broad SMARTS) is 2. The van der Waals surface area contributed by atoms with Crippen molar-refractivity contribution in [3.8, 4) is 0 Å². The van der Waals surface area contributed by atoms with Crippen molar-refractivity contribution >= 4 is 41.5 Å². The molecule has 4 unspecified atom stereocenters. The lowest BCUT2D eigenvalue weighted by Gasteiger charge is -2.24. The molecule has 0 spiro atoms. The highest BCUT2D eigenvalue weighted by molar-refractivity contribution is 5.95. The van der Waals surface area contributed by atoms with Crippen molar-refractivity contribution < 1.29 is 43.8 Å². The molecule has 36 heavy (non-hydrogen) atoms. The topological polar surface area (TPSA) is 300 Å². The van der Waals surface area contributed by atoms with Crippen LogP contribution in [0.15, 0.2) is 0 Å². The standard InChI is InChI=1S/C20H35N7O9/c21-8-2-1-3-10(22)17(32)25-11(4-6-14(23)28)18(33)27-13(9-16(30)31)19(34)26-12(20(35)36)5-7-15(24)29/h10-13H,1-9,21-22H2,(H2,23,28)(H2,24,29)(H,25,32)(H,26,34)(H,27,33)(H,30,31)(H,35,36). The van der Waals surface area contributed by atoms with Crippen LogP contribution < -0.4 is 38.9 Å². The maximum Gasteiger partial charge on any atom is 0.326 e. The highest BCUT2D eigenvalue weighted by Crippen LogP contribution is 2.05. The lowest BCUT2D eigenvalue weighted by atomic mass is 10.1. The molecule has 0 heterocycles. The van der Waals surface area contributed by atoms with E-state index in [1.807, 2.05) is 5.32 Å². The quantitative estimate of drug-likeness (QED) is 0.0743. The van der Waals surface area contributed by atoms with Crippen LogP contribution in [-0.4, -0.2) is 82.4 Å². The minimum absolute atomic E-state index is 0.263. The fourth-order valence-electron chi connectivity index (χ4n) is 2.95. The van der Waals surface area contributed by atoms with E-state index >= 15 is 0 Å². The third-order valence-electron chi connectivity index (χ3n) is 4.92. The molecular formula is C20H35N7O9. The molecule has 0 radical (unpaired) electrons. The van der Waals surface area contributed by atoms with Crippen molar-refractivity contribution in [3.05, 3.63) is 0 Å². The third kappa shape index (κ3) is 13.8. The molecule has 5 amide bonds. The van der Waals surface area contributed by atoms with Crippen molar-refractivity contribution in [2.45, 2.75) is 75.5 Å². The van der Waals surface area contributed by atoms with E-state index in [-0.39, 0.29) is 32.1 Å². The molecule has 0 aliphatic rings. The predicted octanol–water partition coefficient (Wildman–Crippen LogP) is -4.01. The molecule has 204 valence electrons. The second-order valence-electron chi connectivity index (χ2n) is 8.02. The van der Waals surface area contributed by atoms with Gasteiger partial charge in [-0.3, -0.25) is 28.8 Å². The molecule has 0 aromatic rings. The average Bonchev–Trinajstić information content (AvgIpc) is 2.77. The Morgan fingerprint density at radius 1 is 0.667 bits per heavy atom. The van der Waals surface area contributed by atoms with Gasteiger partial charge in [-0.2, -0.15) is 0 Å². The number of amides is 5. The summed E-state index contributed by atoms with van der Waals surface area (Å²) in [5, 5.41) is 24.9. The van der Waals surface area contributed by atoms with Gasteiger partial charge >= 0.3 is 11.9 Å². The van der Waals surface area contributed by atoms with Crippen molar-refractivity contribution in [1.82, 2.24) is 16.0 Å². The van der Waals surface area contributed by atoms with Crippen molar-refractivity contribution in [2.75, 3.05) is 6.54 Å². The Hall–Kier alpha value is -3.79. The first-order chi connectivity index (χ1) is 16.8. The summed E-state index contributed by atoms with van der Waals surface area (Å²) in [6.07, 6.45) is -0.859. The number of carboxylic acids is 2. The van der Waals surface area contributed by atoms with Crippen molar-refractivity contribution in [3.63, 3.8) is 0 Å². The van der Waals surface area contributed by atoms with Crippen LogP contribution in [0.4, 0.5) is 0 Å². The van der Waals surface area contributed by atoms with Gasteiger partial charge in [0.05, 0.1) is 12.5 Å². The van der Waals surface area contributed by atoms with E-state index in [1.54, 1.807) is 0 Å². The summed E-state index contributed by atoms with van der Waals surface area (Å²) < 4.78 is 0. The number of rotatable bonds is 19. The van der Waals surface area contributed by atoms with Gasteiger partial charge in [0.15, 0.2) is 0 Å². The molecule has 0 rings (SSSR count). The summed E-state index contributed by atoms with van der Waals surface area (Å²) in [5.41, 5.74) is 21.3. The molecule has 16 nitrogen and oxygen atoms in total. The van der Waals surface area contributed by atoms with Crippen LogP contribution in [-0.2, 0) is 33.6 Å². The first-order valence-electron chi connectivity index (χ1n) is 11.2. The lowest BCUT2D eigenvalue weighted by Crippen LogP contribution is -2.57. The molecule has 4 atom stereocenters. The number of primary amides is 2. The molecule has 0 saturated carbocycles. The Morgan fingerprint density at radius 2 is 1.14 bits per heavy atom. The van der Waals surface area contributed by atoms with E-state index in [9.17, 15) is 38.7 Å². The zero-order valence-electron chi connectivity index (χ0n) is 19.7. The first-order valence-corrected chi connectivity index (χ1v) is 11.2. The number of aliphatic carboxylic acids is 2. The Balaban J connectivity index is 5.53. The SMILES string of the molecule is NCCCCC(N)C(=O)NC(CCC(N)=O)C(=O)NC(CC(=O)O)C(=O)NC(CCC(N)=O)C(=O)O. The summed E-state index contributed by atoms with van der Waals surface area (Å²) in [6.45, 7) is 0.399. The largest absolute Gasteiger partial charge is 0.481 e. The third-order valence-corrected chi connectivity index (χ3v) is 4.92. The molecule has 0 aliphatic heterocycles. The number of unbranched alkanes of at least 4 members (excludes halogenated alkanes) is 1. The van der Waals surface area contributed by atoms with Gasteiger partial charge in [0.25, 0.3) is 0 Å². The smallest absolute Gasteiger partial charge is 0.326 e. The monoisotopic (exact) mass is 517 g/mol. The van der Waals surface area contributed by atoms with Crippen LogP contribution in [0.25, 0.3) is 0 Å². The number of hydrogen-bond donors (Lipinski definition) is 9. The second kappa shape index (κ2) is 16.8. The molecule has 0 aliphatic carbocycles. The van der Waals surface area contributed by atoms with Crippen molar-refractivity contribution in [1.29, 1.82) is 0 Å². The fourth-order valence-corrected chi connectivity index (χ4v) is 2.95. The normalized spacial score (nSPS) is 13.9. The summed E-state index contributed by atoms with van der Waals surface area (Å²) in [4.78, 5) is 82.5. The van der Waals surface area contributed by atoms with Gasteiger partial charge in [0.1, 0.15) is 18.1 Å². The van der Waals surface area contributed by atoms with Crippen LogP contribution in [0, 0.1) is 0 Å². The maximum atomic E-state index is 12.8. The molecule has 13 N–H and O–H groups in total. The van der Waals surface area contributed by atoms with Gasteiger partial charge in [0.2, 0.25) is 29.5 Å². The molecule has 0 aromatic carbocycles. The first kappa shape index (κ1) is 32.2. The average molecular weight is 518 g/mol. The van der Waals surface area contributed by atoms with Gasteiger partial charge in [-0.1, -0.05) is 6.42 Å². The van der Waals surface area contributed by atoms with Crippen LogP contribution in [0.3, 0.4) is 0 Å². The van der Waals surface area contributed by atoms with E-state index in [0.717, 1.165) is 0 Å². The molecule has 0 saturated heterocycles. The Labute approximate surface area is 206 Å². The fraction of sp³-hybridized carbons (Fsp3) is 0.650. The Kier molecular flexibility index (Phi) is 15.0.